The molecule has 2 heterocycles. The molecule has 6 heteroatoms. The zero-order valence-electron chi connectivity index (χ0n) is 14.1. The van der Waals surface area contributed by atoms with E-state index in [4.69, 9.17) is 0 Å². The maximum atomic E-state index is 12.5. The smallest absolute Gasteiger partial charge is 0.242 e. The van der Waals surface area contributed by atoms with Gasteiger partial charge < -0.3 is 15.5 Å². The monoisotopic (exact) mass is 318 g/mol. The van der Waals surface area contributed by atoms with Gasteiger partial charge in [-0.25, -0.2) is 0 Å². The topological polar surface area (TPSA) is 74.3 Å². The Hall–Kier alpha value is -1.95. The Balaban J connectivity index is 1.95. The van der Waals surface area contributed by atoms with Gasteiger partial charge in [-0.15, -0.1) is 0 Å². The Morgan fingerprint density at radius 1 is 1.43 bits per heavy atom. The van der Waals surface area contributed by atoms with Crippen molar-refractivity contribution in [1.29, 1.82) is 0 Å². The highest BCUT2D eigenvalue weighted by Gasteiger charge is 2.28. The van der Waals surface area contributed by atoms with Crippen LogP contribution in [-0.2, 0) is 9.59 Å². The fraction of sp³-hybridized carbons (Fsp3) is 0.588. The summed E-state index contributed by atoms with van der Waals surface area (Å²) in [6.45, 7) is 8.15. The molecule has 1 aliphatic rings. The van der Waals surface area contributed by atoms with Crippen molar-refractivity contribution in [3.05, 3.63) is 30.1 Å². The molecule has 0 bridgehead atoms. The van der Waals surface area contributed by atoms with Gasteiger partial charge in [-0.1, -0.05) is 26.8 Å². The quantitative estimate of drug-likeness (QED) is 0.872. The average molecular weight is 318 g/mol. The Kier molecular flexibility index (Phi) is 5.71. The van der Waals surface area contributed by atoms with E-state index in [0.29, 0.717) is 19.5 Å². The second-order valence-electron chi connectivity index (χ2n) is 7.11. The fourth-order valence-electron chi connectivity index (χ4n) is 2.69. The lowest BCUT2D eigenvalue weighted by Crippen LogP contribution is -2.51. The Bertz CT molecular complexity index is 539. The van der Waals surface area contributed by atoms with Crippen LogP contribution in [0, 0.1) is 5.41 Å². The number of hydrogen-bond donors (Lipinski definition) is 2. The molecule has 2 N–H and O–H groups in total. The van der Waals surface area contributed by atoms with E-state index in [-0.39, 0.29) is 29.8 Å². The highest BCUT2D eigenvalue weighted by atomic mass is 16.2. The molecule has 1 saturated heterocycles. The molecule has 1 fully saturated rings. The summed E-state index contributed by atoms with van der Waals surface area (Å²) in [6, 6.07) is 3.81. The third kappa shape index (κ3) is 5.32. The Labute approximate surface area is 137 Å². The number of carbonyl (C=O) groups is 2. The van der Waals surface area contributed by atoms with E-state index in [9.17, 15) is 9.59 Å². The number of nitrogens with one attached hydrogen (secondary N) is 2. The van der Waals surface area contributed by atoms with Gasteiger partial charge in [0.15, 0.2) is 0 Å². The van der Waals surface area contributed by atoms with Crippen LogP contribution in [0.5, 0.6) is 0 Å². The van der Waals surface area contributed by atoms with Gasteiger partial charge in [-0.05, 0) is 17.0 Å². The molecule has 0 aromatic carbocycles. The van der Waals surface area contributed by atoms with Crippen LogP contribution >= 0.6 is 0 Å². The van der Waals surface area contributed by atoms with Crippen molar-refractivity contribution in [2.75, 3.05) is 26.2 Å². The van der Waals surface area contributed by atoms with Gasteiger partial charge in [0.25, 0.3) is 0 Å². The molecule has 23 heavy (non-hydrogen) atoms. The molecule has 0 saturated carbocycles. The summed E-state index contributed by atoms with van der Waals surface area (Å²) in [6.07, 6.45) is 3.92. The molecular formula is C17H26N4O2. The molecule has 1 aromatic rings. The summed E-state index contributed by atoms with van der Waals surface area (Å²) in [5, 5.41) is 6.05. The van der Waals surface area contributed by atoms with E-state index in [1.807, 2.05) is 37.8 Å². The molecule has 2 rings (SSSR count). The van der Waals surface area contributed by atoms with E-state index < -0.39 is 0 Å². The summed E-state index contributed by atoms with van der Waals surface area (Å²) >= 11 is 0. The fourth-order valence-corrected chi connectivity index (χ4v) is 2.69. The Morgan fingerprint density at radius 2 is 2.22 bits per heavy atom. The van der Waals surface area contributed by atoms with E-state index in [1.54, 1.807) is 12.4 Å². The highest BCUT2D eigenvalue weighted by Crippen LogP contribution is 2.21. The molecule has 1 atom stereocenters. The van der Waals surface area contributed by atoms with Crippen LogP contribution < -0.4 is 10.6 Å². The standard InChI is InChI=1S/C17H26N4O2/c1-17(2,3)9-15(22)20-12-16(23)21-8-7-19-11-14(21)13-5-4-6-18-10-13/h4-6,10,14,19H,7-9,11-12H2,1-3H3,(H,20,22). The highest BCUT2D eigenvalue weighted by molar-refractivity contribution is 5.85. The van der Waals surface area contributed by atoms with Crippen LogP contribution in [0.2, 0.25) is 0 Å². The van der Waals surface area contributed by atoms with Gasteiger partial charge in [0, 0.05) is 38.4 Å². The maximum Gasteiger partial charge on any atom is 0.242 e. The number of carbonyl (C=O) groups excluding carboxylic acids is 2. The number of rotatable bonds is 4. The van der Waals surface area contributed by atoms with Crippen molar-refractivity contribution in [1.82, 2.24) is 20.5 Å². The summed E-state index contributed by atoms with van der Waals surface area (Å²) in [7, 11) is 0. The first-order chi connectivity index (χ1) is 10.9. The Morgan fingerprint density at radius 3 is 2.87 bits per heavy atom. The number of amides is 2. The second kappa shape index (κ2) is 7.55. The lowest BCUT2D eigenvalue weighted by molar-refractivity contribution is -0.136. The van der Waals surface area contributed by atoms with Crippen LogP contribution in [0.25, 0.3) is 0 Å². The number of aromatic nitrogens is 1. The van der Waals surface area contributed by atoms with Crippen LogP contribution in [0.3, 0.4) is 0 Å². The molecule has 1 aromatic heterocycles. The minimum Gasteiger partial charge on any atom is -0.347 e. The van der Waals surface area contributed by atoms with Crippen molar-refractivity contribution in [3.63, 3.8) is 0 Å². The van der Waals surface area contributed by atoms with Gasteiger partial charge in [0.1, 0.15) is 0 Å². The first-order valence-electron chi connectivity index (χ1n) is 8.03. The number of piperazine rings is 1. The zero-order valence-corrected chi connectivity index (χ0v) is 14.1. The summed E-state index contributed by atoms with van der Waals surface area (Å²) in [5.41, 5.74) is 0.925. The van der Waals surface area contributed by atoms with Crippen molar-refractivity contribution in [3.8, 4) is 0 Å². The molecule has 2 amide bonds. The summed E-state index contributed by atoms with van der Waals surface area (Å²) in [4.78, 5) is 30.4. The third-order valence-electron chi connectivity index (χ3n) is 3.76. The van der Waals surface area contributed by atoms with Gasteiger partial charge in [-0.3, -0.25) is 14.6 Å². The number of pyridine rings is 1. The number of nitrogens with zero attached hydrogens (tertiary/aromatic N) is 2. The van der Waals surface area contributed by atoms with Crippen molar-refractivity contribution >= 4 is 11.8 Å². The molecule has 0 aliphatic carbocycles. The maximum absolute atomic E-state index is 12.5. The van der Waals surface area contributed by atoms with Crippen LogP contribution in [0.15, 0.2) is 24.5 Å². The molecule has 1 unspecified atom stereocenters. The van der Waals surface area contributed by atoms with E-state index in [0.717, 1.165) is 12.1 Å². The SMILES string of the molecule is CC(C)(C)CC(=O)NCC(=O)N1CCNCC1c1cccnc1. The predicted molar refractivity (Wildman–Crippen MR) is 88.6 cm³/mol. The molecular weight excluding hydrogens is 292 g/mol. The van der Waals surface area contributed by atoms with Gasteiger partial charge in [0.05, 0.1) is 12.6 Å². The van der Waals surface area contributed by atoms with E-state index in [2.05, 4.69) is 15.6 Å². The van der Waals surface area contributed by atoms with Crippen molar-refractivity contribution < 1.29 is 9.59 Å². The van der Waals surface area contributed by atoms with E-state index in [1.165, 1.54) is 0 Å². The van der Waals surface area contributed by atoms with Gasteiger partial charge in [-0.2, -0.15) is 0 Å². The van der Waals surface area contributed by atoms with Gasteiger partial charge in [0.2, 0.25) is 11.8 Å². The zero-order chi connectivity index (χ0) is 16.9. The van der Waals surface area contributed by atoms with Crippen LogP contribution in [-0.4, -0.2) is 47.9 Å². The third-order valence-corrected chi connectivity index (χ3v) is 3.76. The first-order valence-corrected chi connectivity index (χ1v) is 8.03. The normalized spacial score (nSPS) is 18.6. The minimum atomic E-state index is -0.0843. The lowest BCUT2D eigenvalue weighted by Gasteiger charge is -2.36. The van der Waals surface area contributed by atoms with Crippen LogP contribution in [0.1, 0.15) is 38.8 Å². The van der Waals surface area contributed by atoms with Gasteiger partial charge >= 0.3 is 0 Å². The summed E-state index contributed by atoms with van der Waals surface area (Å²) in [5.74, 6) is -0.137. The second-order valence-corrected chi connectivity index (χ2v) is 7.11. The average Bonchev–Trinajstić information content (AvgIpc) is 2.52. The van der Waals surface area contributed by atoms with Crippen molar-refractivity contribution in [2.45, 2.75) is 33.2 Å². The number of hydrogen-bond acceptors (Lipinski definition) is 4. The summed E-state index contributed by atoms with van der Waals surface area (Å²) < 4.78 is 0. The molecule has 6 nitrogen and oxygen atoms in total. The largest absolute Gasteiger partial charge is 0.347 e. The van der Waals surface area contributed by atoms with Crippen LogP contribution in [0.4, 0.5) is 0 Å². The molecule has 1 aliphatic heterocycles. The molecule has 126 valence electrons. The predicted octanol–water partition coefficient (Wildman–Crippen LogP) is 1.11. The molecule has 0 spiro atoms. The lowest BCUT2D eigenvalue weighted by atomic mass is 9.92. The molecule has 0 radical (unpaired) electrons. The van der Waals surface area contributed by atoms with E-state index >= 15 is 0 Å². The first kappa shape index (κ1) is 17.4. The van der Waals surface area contributed by atoms with Crippen molar-refractivity contribution in [2.24, 2.45) is 5.41 Å². The minimum absolute atomic E-state index is 0.0375.